The van der Waals surface area contributed by atoms with Crippen LogP contribution in [0.3, 0.4) is 0 Å². The summed E-state index contributed by atoms with van der Waals surface area (Å²) in [6.07, 6.45) is 2.30. The summed E-state index contributed by atoms with van der Waals surface area (Å²) in [7, 11) is -3.81. The molecule has 174 valence electrons. The van der Waals surface area contributed by atoms with Crippen LogP contribution in [-0.4, -0.2) is 37.5 Å². The van der Waals surface area contributed by atoms with Crippen LogP contribution < -0.4 is 10.0 Å². The molecule has 0 saturated carbocycles. The predicted octanol–water partition coefficient (Wildman–Crippen LogP) is 4.08. The number of sulfonamides is 1. The molecule has 0 aliphatic rings. The van der Waals surface area contributed by atoms with Gasteiger partial charge in [-0.2, -0.15) is 16.5 Å². The smallest absolute Gasteiger partial charge is 0.241 e. The number of carbonyl (C=O) groups excluding carboxylic acids is 1. The number of carbonyl (C=O) groups is 1. The molecular formula is C25H28N2O4S2. The molecule has 0 unspecified atom stereocenters. The van der Waals surface area contributed by atoms with Crippen LogP contribution >= 0.6 is 11.8 Å². The summed E-state index contributed by atoms with van der Waals surface area (Å²) in [6, 6.07) is 20.3. The third kappa shape index (κ3) is 7.08. The van der Waals surface area contributed by atoms with E-state index in [1.54, 1.807) is 36.0 Å². The molecule has 0 spiro atoms. The maximum absolute atomic E-state index is 12.8. The van der Waals surface area contributed by atoms with Crippen LogP contribution in [0.15, 0.2) is 77.7 Å². The standard InChI is InChI=1S/C25H28N2O4S2/c1-18-3-13-23(14-4-18)33(30,31)27-24(15-16-32-2)25(29)26-17-19-5-7-20(8-6-19)21-9-11-22(28)12-10-21/h3-14,24,27-28H,15-17H2,1-2H3,(H,26,29)/t24-/m0/s1. The molecule has 0 fully saturated rings. The van der Waals surface area contributed by atoms with E-state index in [0.717, 1.165) is 22.3 Å². The van der Waals surface area contributed by atoms with Crippen molar-refractivity contribution in [2.45, 2.75) is 30.8 Å². The lowest BCUT2D eigenvalue weighted by molar-refractivity contribution is -0.122. The average Bonchev–Trinajstić information content (AvgIpc) is 2.81. The molecule has 0 heterocycles. The van der Waals surface area contributed by atoms with Gasteiger partial charge in [-0.05, 0) is 66.3 Å². The number of amides is 1. The van der Waals surface area contributed by atoms with Gasteiger partial charge in [0.05, 0.1) is 4.90 Å². The Labute approximate surface area is 199 Å². The van der Waals surface area contributed by atoms with Gasteiger partial charge in [0.15, 0.2) is 0 Å². The number of phenols is 1. The zero-order valence-electron chi connectivity index (χ0n) is 18.6. The predicted molar refractivity (Wildman–Crippen MR) is 134 cm³/mol. The molecule has 33 heavy (non-hydrogen) atoms. The number of phenolic OH excluding ortho intramolecular Hbond substituents is 1. The molecule has 8 heteroatoms. The summed E-state index contributed by atoms with van der Waals surface area (Å²) in [5.41, 5.74) is 3.83. The van der Waals surface area contributed by atoms with E-state index in [9.17, 15) is 18.3 Å². The van der Waals surface area contributed by atoms with Crippen LogP contribution in [-0.2, 0) is 21.4 Å². The van der Waals surface area contributed by atoms with Crippen LogP contribution in [0.5, 0.6) is 5.75 Å². The van der Waals surface area contributed by atoms with E-state index in [4.69, 9.17) is 0 Å². The zero-order chi connectivity index (χ0) is 23.8. The van der Waals surface area contributed by atoms with Crippen molar-refractivity contribution in [1.29, 1.82) is 0 Å². The molecule has 3 N–H and O–H groups in total. The molecule has 1 amide bonds. The van der Waals surface area contributed by atoms with Crippen molar-refractivity contribution in [3.05, 3.63) is 83.9 Å². The molecule has 1 atom stereocenters. The van der Waals surface area contributed by atoms with Crippen molar-refractivity contribution in [2.24, 2.45) is 0 Å². The molecule has 3 aromatic rings. The van der Waals surface area contributed by atoms with Crippen LogP contribution in [0.25, 0.3) is 11.1 Å². The van der Waals surface area contributed by atoms with E-state index < -0.39 is 16.1 Å². The monoisotopic (exact) mass is 484 g/mol. The van der Waals surface area contributed by atoms with Crippen molar-refractivity contribution >= 4 is 27.7 Å². The van der Waals surface area contributed by atoms with Gasteiger partial charge < -0.3 is 10.4 Å². The Balaban J connectivity index is 1.64. The fraction of sp³-hybridized carbons (Fsp3) is 0.240. The second-order valence-electron chi connectivity index (χ2n) is 7.73. The molecule has 0 saturated heterocycles. The van der Waals surface area contributed by atoms with Gasteiger partial charge in [0.25, 0.3) is 0 Å². The summed E-state index contributed by atoms with van der Waals surface area (Å²) < 4.78 is 28.1. The largest absolute Gasteiger partial charge is 0.508 e. The van der Waals surface area contributed by atoms with Crippen LogP contribution in [0.1, 0.15) is 17.5 Å². The average molecular weight is 485 g/mol. The van der Waals surface area contributed by atoms with Gasteiger partial charge in [-0.25, -0.2) is 8.42 Å². The highest BCUT2D eigenvalue weighted by molar-refractivity contribution is 7.98. The minimum atomic E-state index is -3.81. The van der Waals surface area contributed by atoms with Gasteiger partial charge in [0.1, 0.15) is 11.8 Å². The zero-order valence-corrected chi connectivity index (χ0v) is 20.2. The van der Waals surface area contributed by atoms with E-state index in [2.05, 4.69) is 10.0 Å². The van der Waals surface area contributed by atoms with Crippen molar-refractivity contribution < 1.29 is 18.3 Å². The van der Waals surface area contributed by atoms with Crippen LogP contribution in [0.4, 0.5) is 0 Å². The highest BCUT2D eigenvalue weighted by Crippen LogP contribution is 2.22. The first-order valence-electron chi connectivity index (χ1n) is 10.5. The van der Waals surface area contributed by atoms with E-state index in [1.165, 1.54) is 12.1 Å². The Morgan fingerprint density at radius 1 is 0.939 bits per heavy atom. The number of rotatable bonds is 10. The Morgan fingerprint density at radius 2 is 1.52 bits per heavy atom. The topological polar surface area (TPSA) is 95.5 Å². The molecule has 0 bridgehead atoms. The lowest BCUT2D eigenvalue weighted by Crippen LogP contribution is -2.46. The Bertz CT molecular complexity index is 1160. The number of benzene rings is 3. The van der Waals surface area contributed by atoms with Gasteiger partial charge in [0, 0.05) is 6.54 Å². The molecule has 3 aromatic carbocycles. The summed E-state index contributed by atoms with van der Waals surface area (Å²) >= 11 is 1.56. The number of hydrogen-bond donors (Lipinski definition) is 3. The van der Waals surface area contributed by atoms with E-state index in [-0.39, 0.29) is 23.1 Å². The SMILES string of the molecule is CSCC[C@H](NS(=O)(=O)c1ccc(C)cc1)C(=O)NCc1ccc(-c2ccc(O)cc2)cc1. The maximum atomic E-state index is 12.8. The summed E-state index contributed by atoms with van der Waals surface area (Å²) in [4.78, 5) is 13.0. The minimum absolute atomic E-state index is 0.139. The molecular weight excluding hydrogens is 456 g/mol. The Kier molecular flexibility index (Phi) is 8.55. The van der Waals surface area contributed by atoms with Crippen LogP contribution in [0, 0.1) is 6.92 Å². The first-order chi connectivity index (χ1) is 15.8. The first-order valence-corrected chi connectivity index (χ1v) is 13.4. The van der Waals surface area contributed by atoms with Gasteiger partial charge in [-0.1, -0.05) is 54.1 Å². The lowest BCUT2D eigenvalue weighted by atomic mass is 10.0. The molecule has 0 aromatic heterocycles. The Hall–Kier alpha value is -2.81. The van der Waals surface area contributed by atoms with E-state index >= 15 is 0 Å². The minimum Gasteiger partial charge on any atom is -0.508 e. The molecule has 3 rings (SSSR count). The number of aromatic hydroxyl groups is 1. The summed E-state index contributed by atoms with van der Waals surface area (Å²) in [6.45, 7) is 2.17. The lowest BCUT2D eigenvalue weighted by Gasteiger charge is -2.18. The molecule has 0 radical (unpaired) electrons. The second-order valence-corrected chi connectivity index (χ2v) is 10.4. The third-order valence-electron chi connectivity index (χ3n) is 5.18. The van der Waals surface area contributed by atoms with E-state index in [0.29, 0.717) is 12.2 Å². The number of hydrogen-bond acceptors (Lipinski definition) is 5. The second kappa shape index (κ2) is 11.4. The molecule has 6 nitrogen and oxygen atoms in total. The number of nitrogens with one attached hydrogen (secondary N) is 2. The van der Waals surface area contributed by atoms with Crippen LogP contribution in [0.2, 0.25) is 0 Å². The van der Waals surface area contributed by atoms with Crippen molar-refractivity contribution in [2.75, 3.05) is 12.0 Å². The quantitative estimate of drug-likeness (QED) is 0.403. The fourth-order valence-corrected chi connectivity index (χ4v) is 4.93. The third-order valence-corrected chi connectivity index (χ3v) is 7.31. The van der Waals surface area contributed by atoms with Crippen molar-refractivity contribution in [3.8, 4) is 16.9 Å². The number of aryl methyl sites for hydroxylation is 1. The normalized spacial score (nSPS) is 12.3. The van der Waals surface area contributed by atoms with Gasteiger partial charge in [-0.15, -0.1) is 0 Å². The fourth-order valence-electron chi connectivity index (χ4n) is 3.23. The molecule has 0 aliphatic carbocycles. The maximum Gasteiger partial charge on any atom is 0.241 e. The Morgan fingerprint density at radius 3 is 2.09 bits per heavy atom. The summed E-state index contributed by atoms with van der Waals surface area (Å²) in [5.74, 6) is 0.505. The van der Waals surface area contributed by atoms with E-state index in [1.807, 2.05) is 49.6 Å². The van der Waals surface area contributed by atoms with Gasteiger partial charge in [-0.3, -0.25) is 4.79 Å². The van der Waals surface area contributed by atoms with Crippen molar-refractivity contribution in [1.82, 2.24) is 10.0 Å². The van der Waals surface area contributed by atoms with Gasteiger partial charge >= 0.3 is 0 Å². The molecule has 0 aliphatic heterocycles. The first kappa shape index (κ1) is 24.8. The van der Waals surface area contributed by atoms with Gasteiger partial charge in [0.2, 0.25) is 15.9 Å². The number of thioether (sulfide) groups is 1. The van der Waals surface area contributed by atoms with Crippen molar-refractivity contribution in [3.63, 3.8) is 0 Å². The summed E-state index contributed by atoms with van der Waals surface area (Å²) in [5, 5.41) is 12.3. The highest BCUT2D eigenvalue weighted by atomic mass is 32.2. The highest BCUT2D eigenvalue weighted by Gasteiger charge is 2.25.